The molecule has 2 atom stereocenters. The van der Waals surface area contributed by atoms with Crippen molar-refractivity contribution in [1.29, 1.82) is 0 Å². The van der Waals surface area contributed by atoms with E-state index in [9.17, 15) is 14.0 Å². The van der Waals surface area contributed by atoms with Crippen molar-refractivity contribution in [3.8, 4) is 0 Å². The number of halogens is 1. The predicted octanol–water partition coefficient (Wildman–Crippen LogP) is 2.54. The largest absolute Gasteiger partial charge is 0.326 e. The van der Waals surface area contributed by atoms with Crippen LogP contribution in [0.5, 0.6) is 0 Å². The molecule has 0 saturated carbocycles. The average molecular weight is 323 g/mol. The second kappa shape index (κ2) is 7.40. The fraction of sp³-hybridized carbons (Fsp3) is 0.400. The van der Waals surface area contributed by atoms with Gasteiger partial charge in [0.15, 0.2) is 5.17 Å². The maximum atomic E-state index is 12.8. The number of nitrogens with one attached hydrogen (secondary N) is 2. The van der Waals surface area contributed by atoms with E-state index >= 15 is 0 Å². The topological polar surface area (TPSA) is 70.6 Å². The van der Waals surface area contributed by atoms with Gasteiger partial charge >= 0.3 is 0 Å². The number of amides is 2. The Balaban J connectivity index is 1.90. The van der Waals surface area contributed by atoms with E-state index in [1.54, 1.807) is 0 Å². The number of carbonyl (C=O) groups is 2. The molecular formula is C15H18FN3O2S. The Kier molecular flexibility index (Phi) is 5.54. The lowest BCUT2D eigenvalue weighted by molar-refractivity contribution is -0.122. The lowest BCUT2D eigenvalue weighted by atomic mass is 10.2. The molecule has 0 radical (unpaired) electrons. The standard InChI is InChI=1S/C15H18FN3O2S/c1-3-9(2)17-15-19-14(21)12(22-15)8-13(20)18-11-6-4-10(16)5-7-11/h4-7,9,12H,3,8H2,1-2H3,(H,18,20)(H,17,19,21). The van der Waals surface area contributed by atoms with Gasteiger partial charge < -0.3 is 10.6 Å². The molecule has 2 amide bonds. The van der Waals surface area contributed by atoms with Gasteiger partial charge in [0.1, 0.15) is 11.1 Å². The molecule has 2 unspecified atom stereocenters. The van der Waals surface area contributed by atoms with Crippen LogP contribution in [0.2, 0.25) is 0 Å². The number of aliphatic imine (C=N–C) groups is 1. The number of amidine groups is 1. The fourth-order valence-electron chi connectivity index (χ4n) is 1.81. The average Bonchev–Trinajstić information content (AvgIpc) is 2.81. The minimum Gasteiger partial charge on any atom is -0.326 e. The van der Waals surface area contributed by atoms with E-state index in [2.05, 4.69) is 15.6 Å². The first-order valence-electron chi connectivity index (χ1n) is 7.08. The number of hydrogen-bond donors (Lipinski definition) is 2. The molecule has 2 N–H and O–H groups in total. The van der Waals surface area contributed by atoms with Crippen molar-refractivity contribution < 1.29 is 14.0 Å². The predicted molar refractivity (Wildman–Crippen MR) is 86.4 cm³/mol. The van der Waals surface area contributed by atoms with Gasteiger partial charge in [0.05, 0.1) is 0 Å². The van der Waals surface area contributed by atoms with Gasteiger partial charge in [-0.25, -0.2) is 4.39 Å². The number of thioether (sulfide) groups is 1. The molecule has 7 heteroatoms. The summed E-state index contributed by atoms with van der Waals surface area (Å²) in [5, 5.41) is 5.42. The molecule has 1 aliphatic rings. The van der Waals surface area contributed by atoms with Crippen LogP contribution in [0, 0.1) is 5.82 Å². The molecular weight excluding hydrogens is 305 g/mol. The van der Waals surface area contributed by atoms with Crippen LogP contribution in [0.3, 0.4) is 0 Å². The summed E-state index contributed by atoms with van der Waals surface area (Å²) in [4.78, 5) is 28.2. The zero-order valence-corrected chi connectivity index (χ0v) is 13.2. The molecule has 0 spiro atoms. The number of nitrogens with zero attached hydrogens (tertiary/aromatic N) is 1. The van der Waals surface area contributed by atoms with Crippen LogP contribution in [0.1, 0.15) is 26.7 Å². The van der Waals surface area contributed by atoms with E-state index < -0.39 is 5.25 Å². The first-order valence-corrected chi connectivity index (χ1v) is 7.96. The Morgan fingerprint density at radius 2 is 2.14 bits per heavy atom. The van der Waals surface area contributed by atoms with E-state index in [0.29, 0.717) is 10.9 Å². The van der Waals surface area contributed by atoms with Crippen LogP contribution in [-0.2, 0) is 9.59 Å². The molecule has 1 fully saturated rings. The van der Waals surface area contributed by atoms with Crippen molar-refractivity contribution in [1.82, 2.24) is 5.32 Å². The van der Waals surface area contributed by atoms with E-state index in [-0.39, 0.29) is 30.1 Å². The molecule has 5 nitrogen and oxygen atoms in total. The molecule has 1 saturated heterocycles. The summed E-state index contributed by atoms with van der Waals surface area (Å²) in [7, 11) is 0. The summed E-state index contributed by atoms with van der Waals surface area (Å²) in [5.41, 5.74) is 0.503. The Morgan fingerprint density at radius 3 is 2.77 bits per heavy atom. The van der Waals surface area contributed by atoms with E-state index in [1.165, 1.54) is 36.0 Å². The molecule has 0 aromatic heterocycles. The first-order chi connectivity index (χ1) is 10.5. The Morgan fingerprint density at radius 1 is 1.45 bits per heavy atom. The molecule has 1 aliphatic heterocycles. The quantitative estimate of drug-likeness (QED) is 0.875. The van der Waals surface area contributed by atoms with Gasteiger partial charge in [0.2, 0.25) is 11.8 Å². The number of anilines is 1. The van der Waals surface area contributed by atoms with Crippen LogP contribution in [0.4, 0.5) is 10.1 Å². The third-order valence-corrected chi connectivity index (χ3v) is 4.30. The summed E-state index contributed by atoms with van der Waals surface area (Å²) >= 11 is 1.27. The van der Waals surface area contributed by atoms with Gasteiger partial charge in [-0.3, -0.25) is 14.6 Å². The number of carbonyl (C=O) groups excluding carboxylic acids is 2. The maximum absolute atomic E-state index is 12.8. The van der Waals surface area contributed by atoms with Crippen molar-refractivity contribution in [2.45, 2.75) is 38.0 Å². The highest BCUT2D eigenvalue weighted by molar-refractivity contribution is 8.15. The third-order valence-electron chi connectivity index (χ3n) is 3.20. The fourth-order valence-corrected chi connectivity index (χ4v) is 2.88. The minimum absolute atomic E-state index is 0.0490. The minimum atomic E-state index is -0.483. The highest BCUT2D eigenvalue weighted by Crippen LogP contribution is 2.23. The van der Waals surface area contributed by atoms with Crippen molar-refractivity contribution in [2.75, 3.05) is 5.32 Å². The molecule has 2 rings (SSSR count). The summed E-state index contributed by atoms with van der Waals surface area (Å²) in [6.45, 7) is 3.98. The maximum Gasteiger partial charge on any atom is 0.240 e. The number of benzene rings is 1. The van der Waals surface area contributed by atoms with Gasteiger partial charge in [0, 0.05) is 18.2 Å². The summed E-state index contributed by atoms with van der Waals surface area (Å²) in [5.74, 6) is -0.861. The summed E-state index contributed by atoms with van der Waals surface area (Å²) in [6, 6.07) is 5.62. The third kappa shape index (κ3) is 4.56. The van der Waals surface area contributed by atoms with Gasteiger partial charge in [-0.2, -0.15) is 0 Å². The summed E-state index contributed by atoms with van der Waals surface area (Å²) < 4.78 is 12.8. The van der Waals surface area contributed by atoms with E-state index in [4.69, 9.17) is 0 Å². The van der Waals surface area contributed by atoms with Crippen LogP contribution < -0.4 is 10.6 Å². The second-order valence-electron chi connectivity index (χ2n) is 5.05. The van der Waals surface area contributed by atoms with Crippen molar-refractivity contribution >= 4 is 34.4 Å². The summed E-state index contributed by atoms with van der Waals surface area (Å²) in [6.07, 6.45) is 0.934. The Labute approximate surface area is 132 Å². The smallest absolute Gasteiger partial charge is 0.240 e. The highest BCUT2D eigenvalue weighted by atomic mass is 32.2. The van der Waals surface area contributed by atoms with Crippen LogP contribution >= 0.6 is 11.8 Å². The van der Waals surface area contributed by atoms with Crippen molar-refractivity contribution in [3.63, 3.8) is 0 Å². The Hall–Kier alpha value is -1.89. The van der Waals surface area contributed by atoms with Gasteiger partial charge in [-0.05, 0) is 37.6 Å². The van der Waals surface area contributed by atoms with Gasteiger partial charge in [0.25, 0.3) is 0 Å². The zero-order chi connectivity index (χ0) is 16.1. The van der Waals surface area contributed by atoms with Gasteiger partial charge in [-0.1, -0.05) is 18.7 Å². The number of rotatable bonds is 5. The molecule has 1 aromatic carbocycles. The second-order valence-corrected chi connectivity index (χ2v) is 6.24. The molecule has 1 heterocycles. The monoisotopic (exact) mass is 323 g/mol. The molecule has 0 bridgehead atoms. The lowest BCUT2D eigenvalue weighted by Gasteiger charge is -2.07. The molecule has 118 valence electrons. The molecule has 22 heavy (non-hydrogen) atoms. The van der Waals surface area contributed by atoms with Crippen LogP contribution in [0.15, 0.2) is 29.3 Å². The lowest BCUT2D eigenvalue weighted by Crippen LogP contribution is -2.28. The van der Waals surface area contributed by atoms with Crippen LogP contribution in [0.25, 0.3) is 0 Å². The van der Waals surface area contributed by atoms with Gasteiger partial charge in [-0.15, -0.1) is 0 Å². The SMILES string of the molecule is CCC(C)N=C1NC(=O)C(CC(=O)Nc2ccc(F)cc2)S1. The van der Waals surface area contributed by atoms with Crippen LogP contribution in [-0.4, -0.2) is 28.3 Å². The van der Waals surface area contributed by atoms with Crippen molar-refractivity contribution in [3.05, 3.63) is 30.1 Å². The molecule has 1 aromatic rings. The van der Waals surface area contributed by atoms with Crippen molar-refractivity contribution in [2.24, 2.45) is 4.99 Å². The Bertz CT molecular complexity index is 589. The van der Waals surface area contributed by atoms with E-state index in [1.807, 2.05) is 13.8 Å². The first kappa shape index (κ1) is 16.5. The molecule has 0 aliphatic carbocycles. The zero-order valence-electron chi connectivity index (χ0n) is 12.4. The highest BCUT2D eigenvalue weighted by Gasteiger charge is 2.32. The van der Waals surface area contributed by atoms with E-state index in [0.717, 1.165) is 6.42 Å². The normalized spacial score (nSPS) is 20.8. The number of hydrogen-bond acceptors (Lipinski definition) is 4.